The number of halogens is 1. The first-order valence-corrected chi connectivity index (χ1v) is 12.8. The van der Waals surface area contributed by atoms with Crippen LogP contribution in [0.2, 0.25) is 5.02 Å². The molecule has 2 N–H and O–H groups in total. The molecule has 2 spiro atoms. The summed E-state index contributed by atoms with van der Waals surface area (Å²) < 4.78 is 0. The molecule has 0 saturated carbocycles. The number of carbonyl (C=O) groups is 3. The van der Waals surface area contributed by atoms with Crippen LogP contribution < -0.4 is 10.6 Å². The monoisotopic (exact) mass is 528 g/mol. The van der Waals surface area contributed by atoms with Crippen LogP contribution in [0.3, 0.4) is 0 Å². The van der Waals surface area contributed by atoms with Crippen LogP contribution in [0.15, 0.2) is 66.7 Å². The molecule has 4 aliphatic rings. The number of para-hydroxylation sites is 1. The molecule has 3 aromatic rings. The lowest BCUT2D eigenvalue weighted by Gasteiger charge is -2.43. The van der Waals surface area contributed by atoms with E-state index in [1.807, 2.05) is 4.90 Å². The van der Waals surface area contributed by atoms with E-state index < -0.39 is 39.5 Å². The number of nitro benzene ring substituents is 1. The fraction of sp³-hybridized carbons (Fsp3) is 0.250. The number of carbonyl (C=O) groups excluding carboxylic acids is 3. The molecule has 2 amide bonds. The first kappa shape index (κ1) is 23.1. The summed E-state index contributed by atoms with van der Waals surface area (Å²) in [6.45, 7) is 0.500. The highest BCUT2D eigenvalue weighted by atomic mass is 35.5. The third-order valence-electron chi connectivity index (χ3n) is 8.68. The zero-order valence-corrected chi connectivity index (χ0v) is 20.7. The van der Waals surface area contributed by atoms with Crippen molar-refractivity contribution in [3.05, 3.63) is 98.6 Å². The van der Waals surface area contributed by atoms with Crippen molar-refractivity contribution in [2.24, 2.45) is 5.92 Å². The number of ketones is 1. The van der Waals surface area contributed by atoms with Gasteiger partial charge >= 0.3 is 0 Å². The predicted molar refractivity (Wildman–Crippen MR) is 139 cm³/mol. The van der Waals surface area contributed by atoms with E-state index in [0.717, 1.165) is 6.42 Å². The molecule has 10 heteroatoms. The molecule has 9 nitrogen and oxygen atoms in total. The van der Waals surface area contributed by atoms with Gasteiger partial charge in [-0.25, -0.2) is 0 Å². The smallest absolute Gasteiger partial charge is 0.270 e. The van der Waals surface area contributed by atoms with Gasteiger partial charge in [0, 0.05) is 45.7 Å². The van der Waals surface area contributed by atoms with Crippen molar-refractivity contribution in [1.82, 2.24) is 4.90 Å². The molecule has 0 aromatic heterocycles. The van der Waals surface area contributed by atoms with E-state index in [-0.39, 0.29) is 17.2 Å². The average Bonchev–Trinajstić information content (AvgIpc) is 3.62. The summed E-state index contributed by atoms with van der Waals surface area (Å²) in [4.78, 5) is 56.2. The van der Waals surface area contributed by atoms with Gasteiger partial charge in [-0.3, -0.25) is 29.4 Å². The molecular formula is C28H21ClN4O5. The summed E-state index contributed by atoms with van der Waals surface area (Å²) >= 11 is 6.46. The van der Waals surface area contributed by atoms with Crippen LogP contribution in [-0.2, 0) is 20.5 Å². The van der Waals surface area contributed by atoms with E-state index in [4.69, 9.17) is 11.6 Å². The largest absolute Gasteiger partial charge is 0.325 e. The van der Waals surface area contributed by atoms with Crippen molar-refractivity contribution < 1.29 is 19.3 Å². The van der Waals surface area contributed by atoms with Gasteiger partial charge in [0.15, 0.2) is 5.78 Å². The number of non-ortho nitro benzene ring substituents is 1. The van der Waals surface area contributed by atoms with Crippen LogP contribution in [-0.4, -0.2) is 40.0 Å². The maximum absolute atomic E-state index is 14.5. The Morgan fingerprint density at radius 3 is 2.55 bits per heavy atom. The van der Waals surface area contributed by atoms with Crippen LogP contribution in [0.4, 0.5) is 17.1 Å². The van der Waals surface area contributed by atoms with Gasteiger partial charge < -0.3 is 10.6 Å². The highest BCUT2D eigenvalue weighted by Gasteiger charge is 2.81. The molecule has 0 bridgehead atoms. The molecular weight excluding hydrogens is 508 g/mol. The molecule has 4 unspecified atom stereocenters. The van der Waals surface area contributed by atoms with Crippen molar-refractivity contribution in [1.29, 1.82) is 0 Å². The Morgan fingerprint density at radius 2 is 1.74 bits per heavy atom. The Hall–Kier alpha value is -4.08. The lowest BCUT2D eigenvalue weighted by Crippen LogP contribution is -2.62. The third kappa shape index (κ3) is 2.57. The molecule has 190 valence electrons. The van der Waals surface area contributed by atoms with Crippen molar-refractivity contribution in [3.63, 3.8) is 0 Å². The Kier molecular flexibility index (Phi) is 4.69. The highest BCUT2D eigenvalue weighted by molar-refractivity contribution is 6.31. The lowest BCUT2D eigenvalue weighted by molar-refractivity contribution is -0.384. The number of hydrogen-bond acceptors (Lipinski definition) is 6. The molecule has 0 radical (unpaired) electrons. The topological polar surface area (TPSA) is 122 Å². The second-order valence-electron chi connectivity index (χ2n) is 10.2. The fourth-order valence-electron chi connectivity index (χ4n) is 7.50. The van der Waals surface area contributed by atoms with Crippen molar-refractivity contribution >= 4 is 46.3 Å². The van der Waals surface area contributed by atoms with Crippen LogP contribution in [0.1, 0.15) is 34.3 Å². The molecule has 7 rings (SSSR count). The number of hydrogen-bond donors (Lipinski definition) is 2. The SMILES string of the molecule is O=C(c1cccc([N+](=O)[O-])c1)C1C2CCCN2C2(C(=O)Nc3ccc(Cl)cc32)C12C(=O)Nc1ccccc12. The number of Topliss-reactive ketones (excluding diaryl/α,β-unsaturated/α-hetero) is 1. The van der Waals surface area contributed by atoms with Gasteiger partial charge in [0.1, 0.15) is 11.0 Å². The Balaban J connectivity index is 1.57. The minimum atomic E-state index is -1.63. The quantitative estimate of drug-likeness (QED) is 0.297. The van der Waals surface area contributed by atoms with Gasteiger partial charge in [-0.05, 0) is 49.2 Å². The van der Waals surface area contributed by atoms with Crippen LogP contribution >= 0.6 is 11.6 Å². The number of anilines is 2. The predicted octanol–water partition coefficient (Wildman–Crippen LogP) is 4.26. The summed E-state index contributed by atoms with van der Waals surface area (Å²) in [5.74, 6) is -2.22. The lowest BCUT2D eigenvalue weighted by atomic mass is 9.57. The van der Waals surface area contributed by atoms with Gasteiger partial charge in [0.05, 0.1) is 10.8 Å². The summed E-state index contributed by atoms with van der Waals surface area (Å²) in [7, 11) is 0. The first-order chi connectivity index (χ1) is 18.3. The maximum atomic E-state index is 14.5. The summed E-state index contributed by atoms with van der Waals surface area (Å²) in [6, 6.07) is 17.4. The number of nitrogens with one attached hydrogen (secondary N) is 2. The second kappa shape index (κ2) is 7.72. The minimum Gasteiger partial charge on any atom is -0.325 e. The minimum absolute atomic E-state index is 0.134. The summed E-state index contributed by atoms with van der Waals surface area (Å²) in [6.07, 6.45) is 1.32. The number of amides is 2. The van der Waals surface area contributed by atoms with Gasteiger partial charge in [0.25, 0.3) is 11.6 Å². The molecule has 4 atom stereocenters. The van der Waals surface area contributed by atoms with E-state index in [9.17, 15) is 24.5 Å². The van der Waals surface area contributed by atoms with Gasteiger partial charge in [-0.15, -0.1) is 0 Å². The molecule has 4 aliphatic heterocycles. The van der Waals surface area contributed by atoms with E-state index in [2.05, 4.69) is 10.6 Å². The molecule has 2 saturated heterocycles. The van der Waals surface area contributed by atoms with Crippen LogP contribution in [0.5, 0.6) is 0 Å². The number of rotatable bonds is 3. The van der Waals surface area contributed by atoms with E-state index >= 15 is 0 Å². The summed E-state index contributed by atoms with van der Waals surface area (Å²) in [5, 5.41) is 17.9. The van der Waals surface area contributed by atoms with Crippen molar-refractivity contribution in [3.8, 4) is 0 Å². The molecule has 3 aromatic carbocycles. The van der Waals surface area contributed by atoms with E-state index in [0.29, 0.717) is 40.5 Å². The van der Waals surface area contributed by atoms with Crippen molar-refractivity contribution in [2.45, 2.75) is 29.8 Å². The maximum Gasteiger partial charge on any atom is 0.270 e. The summed E-state index contributed by atoms with van der Waals surface area (Å²) in [5.41, 5.74) is -1.04. The van der Waals surface area contributed by atoms with E-state index in [1.165, 1.54) is 24.3 Å². The van der Waals surface area contributed by atoms with Crippen molar-refractivity contribution in [2.75, 3.05) is 17.2 Å². The standard InChI is InChI=1S/C28H21ClN4O5/c29-16-10-11-21-19(14-16)28(26(36)31-21)27(18-7-1-2-8-20(18)30-25(27)35)23(22-9-4-12-32(22)28)24(34)15-5-3-6-17(13-15)33(37)38/h1-3,5-8,10-11,13-14,22-23H,4,9,12H2,(H,30,35)(H,31,36). The zero-order chi connectivity index (χ0) is 26.4. The normalized spacial score (nSPS) is 28.8. The second-order valence-corrected chi connectivity index (χ2v) is 10.7. The van der Waals surface area contributed by atoms with Gasteiger partial charge in [-0.2, -0.15) is 0 Å². The average molecular weight is 529 g/mol. The third-order valence-corrected chi connectivity index (χ3v) is 8.92. The van der Waals surface area contributed by atoms with Gasteiger partial charge in [-0.1, -0.05) is 41.9 Å². The molecule has 2 fully saturated rings. The Morgan fingerprint density at radius 1 is 0.974 bits per heavy atom. The fourth-order valence-corrected chi connectivity index (χ4v) is 7.68. The number of nitrogens with zero attached hydrogens (tertiary/aromatic N) is 2. The Bertz CT molecular complexity index is 1610. The van der Waals surface area contributed by atoms with E-state index in [1.54, 1.807) is 42.5 Å². The molecule has 4 heterocycles. The van der Waals surface area contributed by atoms with Crippen LogP contribution in [0.25, 0.3) is 0 Å². The zero-order valence-electron chi connectivity index (χ0n) is 19.9. The Labute approximate surface area is 221 Å². The molecule has 0 aliphatic carbocycles. The van der Waals surface area contributed by atoms with Crippen LogP contribution in [0, 0.1) is 16.0 Å². The van der Waals surface area contributed by atoms with Gasteiger partial charge in [0.2, 0.25) is 5.91 Å². The number of fused-ring (bicyclic) bond motifs is 7. The number of nitro groups is 1. The molecule has 38 heavy (non-hydrogen) atoms. The first-order valence-electron chi connectivity index (χ1n) is 12.4. The number of benzene rings is 3. The highest BCUT2D eigenvalue weighted by Crippen LogP contribution is 2.68.